The first kappa shape index (κ1) is 23.8. The lowest BCUT2D eigenvalue weighted by molar-refractivity contribution is 0.510. The highest BCUT2D eigenvalue weighted by Gasteiger charge is 2.25. The fourth-order valence-corrected chi connectivity index (χ4v) is 6.41. The Morgan fingerprint density at radius 2 is 0.882 bits per heavy atom. The van der Waals surface area contributed by atoms with E-state index in [4.69, 9.17) is 8.83 Å². The lowest BCUT2D eigenvalue weighted by atomic mass is 10.2. The van der Waals surface area contributed by atoms with Crippen LogP contribution in [-0.4, -0.2) is 16.8 Å². The highest BCUT2D eigenvalue weighted by molar-refractivity contribution is 7.91. The van der Waals surface area contributed by atoms with Crippen LogP contribution in [0.4, 0.5) is 0 Å². The normalized spacial score (nSPS) is 12.5. The topological polar surface area (TPSA) is 94.6 Å². The zero-order valence-corrected chi connectivity index (χ0v) is 20.8. The summed E-state index contributed by atoms with van der Waals surface area (Å²) in [5.74, 6) is 1.14. The molecule has 0 fully saturated rings. The van der Waals surface area contributed by atoms with Gasteiger partial charge >= 0.3 is 0 Å². The molecule has 4 rings (SSSR count). The van der Waals surface area contributed by atoms with Gasteiger partial charge < -0.3 is 8.83 Å². The van der Waals surface area contributed by atoms with Crippen LogP contribution in [0.2, 0.25) is 0 Å². The van der Waals surface area contributed by atoms with E-state index in [0.29, 0.717) is 11.5 Å². The number of aryl methyl sites for hydroxylation is 4. The van der Waals surface area contributed by atoms with Gasteiger partial charge in [-0.1, -0.05) is 35.4 Å². The van der Waals surface area contributed by atoms with E-state index in [9.17, 15) is 16.8 Å². The molecule has 0 aliphatic carbocycles. The van der Waals surface area contributed by atoms with Crippen molar-refractivity contribution in [3.63, 3.8) is 0 Å². The molecule has 0 atom stereocenters. The van der Waals surface area contributed by atoms with Crippen LogP contribution in [0, 0.1) is 27.7 Å². The monoisotopic (exact) mass is 496 g/mol. The number of sulfone groups is 2. The lowest BCUT2D eigenvalue weighted by Crippen LogP contribution is -2.02. The van der Waals surface area contributed by atoms with Gasteiger partial charge in [0.1, 0.15) is 32.8 Å². The fourth-order valence-electron chi connectivity index (χ4n) is 3.53. The zero-order valence-electron chi connectivity index (χ0n) is 19.2. The number of hydrogen-bond acceptors (Lipinski definition) is 6. The van der Waals surface area contributed by atoms with Gasteiger partial charge in [0, 0.05) is 12.1 Å². The lowest BCUT2D eigenvalue weighted by Gasteiger charge is -2.03. The second-order valence-electron chi connectivity index (χ2n) is 8.10. The predicted octanol–water partition coefficient (Wildman–Crippen LogP) is 5.94. The number of benzene rings is 2. The number of rotatable bonds is 6. The van der Waals surface area contributed by atoms with Crippen LogP contribution in [0.1, 0.15) is 34.2 Å². The molecule has 2 aromatic heterocycles. The number of hydrogen-bond donors (Lipinski definition) is 0. The Morgan fingerprint density at radius 1 is 0.559 bits per heavy atom. The Labute approximate surface area is 199 Å². The third-order valence-corrected chi connectivity index (χ3v) is 9.19. The summed E-state index contributed by atoms with van der Waals surface area (Å²) in [5.41, 5.74) is 1.92. The third-order valence-electron chi connectivity index (χ3n) is 5.44. The quantitative estimate of drug-likeness (QED) is 0.328. The molecule has 2 heterocycles. The standard InChI is InChI=1S/C26H24O6S2/c1-17-5-11-23(12-6-17)33(27,28)25-15-21(31-19(25)3)9-10-22-16-26(20(4)32-22)34(29,30)24-13-7-18(2)8-14-24/h5-16H,1-4H3/b10-9+. The fraction of sp³-hybridized carbons (Fsp3) is 0.154. The summed E-state index contributed by atoms with van der Waals surface area (Å²) >= 11 is 0. The molecule has 34 heavy (non-hydrogen) atoms. The van der Waals surface area contributed by atoms with E-state index >= 15 is 0 Å². The van der Waals surface area contributed by atoms with Crippen molar-refractivity contribution in [2.75, 3.05) is 0 Å². The highest BCUT2D eigenvalue weighted by Crippen LogP contribution is 2.30. The second kappa shape index (κ2) is 8.77. The first-order chi connectivity index (χ1) is 16.0. The van der Waals surface area contributed by atoms with E-state index < -0.39 is 19.7 Å². The number of furan rings is 2. The van der Waals surface area contributed by atoms with E-state index in [-0.39, 0.29) is 31.1 Å². The van der Waals surface area contributed by atoms with Gasteiger partial charge in [-0.2, -0.15) is 0 Å². The van der Waals surface area contributed by atoms with Crippen molar-refractivity contribution in [3.05, 3.63) is 94.8 Å². The average Bonchev–Trinajstić information content (AvgIpc) is 3.35. The van der Waals surface area contributed by atoms with Crippen LogP contribution in [0.25, 0.3) is 12.2 Å². The van der Waals surface area contributed by atoms with Crippen molar-refractivity contribution in [1.82, 2.24) is 0 Å². The molecule has 0 unspecified atom stereocenters. The molecule has 176 valence electrons. The Morgan fingerprint density at radius 3 is 1.21 bits per heavy atom. The van der Waals surface area contributed by atoms with Crippen molar-refractivity contribution in [3.8, 4) is 0 Å². The summed E-state index contributed by atoms with van der Waals surface area (Å²) in [6, 6.07) is 16.1. The van der Waals surface area contributed by atoms with Crippen LogP contribution >= 0.6 is 0 Å². The van der Waals surface area contributed by atoms with Gasteiger partial charge in [0.25, 0.3) is 0 Å². The van der Waals surface area contributed by atoms with E-state index in [1.165, 1.54) is 12.1 Å². The minimum absolute atomic E-state index is 0.0780. The van der Waals surface area contributed by atoms with Crippen molar-refractivity contribution in [2.45, 2.75) is 47.3 Å². The maximum absolute atomic E-state index is 13.0. The molecule has 0 saturated carbocycles. The summed E-state index contributed by atoms with van der Waals surface area (Å²) in [6.45, 7) is 6.94. The van der Waals surface area contributed by atoms with Crippen LogP contribution < -0.4 is 0 Å². The van der Waals surface area contributed by atoms with E-state index in [1.807, 2.05) is 13.8 Å². The van der Waals surface area contributed by atoms with Gasteiger partial charge in [-0.15, -0.1) is 0 Å². The molecular formula is C26H24O6S2. The summed E-state index contributed by atoms with van der Waals surface area (Å²) < 4.78 is 63.2. The molecule has 0 N–H and O–H groups in total. The summed E-state index contributed by atoms with van der Waals surface area (Å²) in [7, 11) is -7.47. The SMILES string of the molecule is Cc1ccc(S(=O)(=O)c2cc(/C=C/c3cc(S(=O)(=O)c4ccc(C)cc4)c(C)o3)oc2C)cc1. The molecule has 2 aromatic carbocycles. The van der Waals surface area contributed by atoms with E-state index in [2.05, 4.69) is 0 Å². The molecule has 0 amide bonds. The van der Waals surface area contributed by atoms with Gasteiger partial charge in [-0.25, -0.2) is 16.8 Å². The molecule has 0 aliphatic heterocycles. The maximum atomic E-state index is 13.0. The van der Waals surface area contributed by atoms with E-state index in [1.54, 1.807) is 74.5 Å². The first-order valence-corrected chi connectivity index (χ1v) is 13.5. The van der Waals surface area contributed by atoms with Gasteiger partial charge in [-0.3, -0.25) is 0 Å². The van der Waals surface area contributed by atoms with Gasteiger partial charge in [0.15, 0.2) is 0 Å². The summed E-state index contributed by atoms with van der Waals surface area (Å²) in [4.78, 5) is 0.527. The van der Waals surface area contributed by atoms with Crippen LogP contribution in [0.3, 0.4) is 0 Å². The molecule has 0 spiro atoms. The Balaban J connectivity index is 1.62. The smallest absolute Gasteiger partial charge is 0.210 e. The maximum Gasteiger partial charge on any atom is 0.210 e. The Hall–Kier alpha value is -3.36. The summed E-state index contributed by atoms with van der Waals surface area (Å²) in [5, 5.41) is 0. The predicted molar refractivity (Wildman–Crippen MR) is 129 cm³/mol. The first-order valence-electron chi connectivity index (χ1n) is 10.5. The third kappa shape index (κ3) is 4.51. The van der Waals surface area contributed by atoms with E-state index in [0.717, 1.165) is 11.1 Å². The van der Waals surface area contributed by atoms with Crippen LogP contribution in [0.5, 0.6) is 0 Å². The molecule has 6 nitrogen and oxygen atoms in total. The summed E-state index contributed by atoms with van der Waals surface area (Å²) in [6.07, 6.45) is 3.09. The van der Waals surface area contributed by atoms with Gasteiger partial charge in [0.05, 0.1) is 9.79 Å². The van der Waals surface area contributed by atoms with Gasteiger partial charge in [-0.05, 0) is 64.1 Å². The molecule has 0 radical (unpaired) electrons. The van der Waals surface area contributed by atoms with Crippen molar-refractivity contribution < 1.29 is 25.7 Å². The molecule has 0 bridgehead atoms. The van der Waals surface area contributed by atoms with Crippen molar-refractivity contribution >= 4 is 31.8 Å². The largest absolute Gasteiger partial charge is 0.461 e. The van der Waals surface area contributed by atoms with Crippen LogP contribution in [-0.2, 0) is 19.7 Å². The molecule has 0 saturated heterocycles. The minimum atomic E-state index is -3.73. The highest BCUT2D eigenvalue weighted by atomic mass is 32.2. The molecular weight excluding hydrogens is 472 g/mol. The Bertz CT molecular complexity index is 1460. The zero-order chi connectivity index (χ0) is 24.7. The Kier molecular flexibility index (Phi) is 6.14. The molecule has 0 aliphatic rings. The van der Waals surface area contributed by atoms with Crippen LogP contribution in [0.15, 0.2) is 89.1 Å². The minimum Gasteiger partial charge on any atom is -0.461 e. The second-order valence-corrected chi connectivity index (χ2v) is 11.9. The molecule has 4 aromatic rings. The van der Waals surface area contributed by atoms with Gasteiger partial charge in [0.2, 0.25) is 19.7 Å². The molecule has 8 heteroatoms. The average molecular weight is 497 g/mol. The van der Waals surface area contributed by atoms with Crippen molar-refractivity contribution in [1.29, 1.82) is 0 Å². The van der Waals surface area contributed by atoms with Crippen molar-refractivity contribution in [2.24, 2.45) is 0 Å².